The molecule has 0 fully saturated rings. The Kier molecular flexibility index (Phi) is 2.08. The standard InChI is InChI=1S/C10H10N3/c1-13-10(11-8-12-13)7-9-5-3-2-4-6-9/h2-6H,7H2,1H3. The molecule has 0 aliphatic carbocycles. The Morgan fingerprint density at radius 3 is 2.69 bits per heavy atom. The van der Waals surface area contributed by atoms with Crippen molar-refractivity contribution >= 4 is 0 Å². The van der Waals surface area contributed by atoms with Gasteiger partial charge >= 0.3 is 0 Å². The first-order chi connectivity index (χ1) is 6.36. The molecule has 0 bridgehead atoms. The zero-order chi connectivity index (χ0) is 9.10. The maximum Gasteiger partial charge on any atom is 0.221 e. The first kappa shape index (κ1) is 7.98. The van der Waals surface area contributed by atoms with Crippen molar-refractivity contribution in [1.82, 2.24) is 14.8 Å². The van der Waals surface area contributed by atoms with Gasteiger partial charge in [0.25, 0.3) is 0 Å². The predicted molar refractivity (Wildman–Crippen MR) is 49.1 cm³/mol. The monoisotopic (exact) mass is 172 g/mol. The number of rotatable bonds is 2. The summed E-state index contributed by atoms with van der Waals surface area (Å²) in [5, 5.41) is 3.89. The van der Waals surface area contributed by atoms with Crippen molar-refractivity contribution < 1.29 is 0 Å². The molecule has 3 nitrogen and oxygen atoms in total. The molecule has 0 spiro atoms. The molecule has 1 heterocycles. The quantitative estimate of drug-likeness (QED) is 0.681. The number of aryl methyl sites for hydroxylation is 1. The highest BCUT2D eigenvalue weighted by molar-refractivity contribution is 5.18. The van der Waals surface area contributed by atoms with Gasteiger partial charge in [0.15, 0.2) is 0 Å². The van der Waals surface area contributed by atoms with Crippen LogP contribution in [0.4, 0.5) is 0 Å². The highest BCUT2D eigenvalue weighted by atomic mass is 15.3. The maximum atomic E-state index is 4.04. The van der Waals surface area contributed by atoms with Gasteiger partial charge in [0.2, 0.25) is 6.33 Å². The number of nitrogens with zero attached hydrogens (tertiary/aromatic N) is 3. The van der Waals surface area contributed by atoms with Crippen LogP contribution >= 0.6 is 0 Å². The highest BCUT2D eigenvalue weighted by Crippen LogP contribution is 2.04. The zero-order valence-electron chi connectivity index (χ0n) is 7.44. The Morgan fingerprint density at radius 2 is 2.08 bits per heavy atom. The summed E-state index contributed by atoms with van der Waals surface area (Å²) in [4.78, 5) is 4.04. The van der Waals surface area contributed by atoms with Crippen molar-refractivity contribution in [3.63, 3.8) is 0 Å². The van der Waals surface area contributed by atoms with Crippen LogP contribution in [0.25, 0.3) is 0 Å². The Hall–Kier alpha value is -1.64. The molecule has 2 rings (SSSR count). The molecular formula is C10H10N3. The smallest absolute Gasteiger partial charge is 0.221 e. The van der Waals surface area contributed by atoms with Gasteiger partial charge in [-0.1, -0.05) is 30.3 Å². The molecule has 2 aromatic rings. The summed E-state index contributed by atoms with van der Waals surface area (Å²) in [5.41, 5.74) is 1.24. The molecule has 3 heteroatoms. The van der Waals surface area contributed by atoms with E-state index >= 15 is 0 Å². The van der Waals surface area contributed by atoms with E-state index in [2.05, 4.69) is 28.5 Å². The molecule has 1 aromatic carbocycles. The van der Waals surface area contributed by atoms with Gasteiger partial charge in [0.05, 0.1) is 0 Å². The molecule has 0 aliphatic rings. The average molecular weight is 172 g/mol. The van der Waals surface area contributed by atoms with Crippen molar-refractivity contribution in [2.45, 2.75) is 6.42 Å². The summed E-state index contributed by atoms with van der Waals surface area (Å²) < 4.78 is 1.74. The predicted octanol–water partition coefficient (Wildman–Crippen LogP) is 1.21. The second-order valence-electron chi connectivity index (χ2n) is 2.91. The van der Waals surface area contributed by atoms with Gasteiger partial charge in [-0.3, -0.25) is 4.68 Å². The fourth-order valence-corrected chi connectivity index (χ4v) is 1.21. The van der Waals surface area contributed by atoms with Crippen LogP contribution in [0.3, 0.4) is 0 Å². The van der Waals surface area contributed by atoms with E-state index in [1.54, 1.807) is 4.68 Å². The van der Waals surface area contributed by atoms with Crippen LogP contribution < -0.4 is 0 Å². The van der Waals surface area contributed by atoms with Crippen LogP contribution in [0, 0.1) is 6.33 Å². The van der Waals surface area contributed by atoms with Crippen LogP contribution in [0.1, 0.15) is 11.4 Å². The summed E-state index contributed by atoms with van der Waals surface area (Å²) in [6.07, 6.45) is 3.39. The van der Waals surface area contributed by atoms with Crippen LogP contribution in [-0.4, -0.2) is 14.8 Å². The van der Waals surface area contributed by atoms with Gasteiger partial charge < -0.3 is 0 Å². The van der Waals surface area contributed by atoms with E-state index in [1.807, 2.05) is 25.2 Å². The van der Waals surface area contributed by atoms with Gasteiger partial charge in [-0.05, 0) is 5.56 Å². The molecule has 0 amide bonds. The van der Waals surface area contributed by atoms with Crippen LogP contribution in [0.15, 0.2) is 30.3 Å². The van der Waals surface area contributed by atoms with E-state index in [0.717, 1.165) is 12.2 Å². The van der Waals surface area contributed by atoms with Gasteiger partial charge in [-0.25, -0.2) is 4.98 Å². The first-order valence-electron chi connectivity index (χ1n) is 4.16. The molecule has 1 radical (unpaired) electrons. The van der Waals surface area contributed by atoms with E-state index < -0.39 is 0 Å². The Labute approximate surface area is 77.0 Å². The summed E-state index contributed by atoms with van der Waals surface area (Å²) in [6.45, 7) is 0. The first-order valence-corrected chi connectivity index (χ1v) is 4.16. The lowest BCUT2D eigenvalue weighted by Crippen LogP contribution is -2.00. The third-order valence-corrected chi connectivity index (χ3v) is 1.95. The Morgan fingerprint density at radius 1 is 1.31 bits per heavy atom. The van der Waals surface area contributed by atoms with E-state index in [-0.39, 0.29) is 0 Å². The fraction of sp³-hybridized carbons (Fsp3) is 0.200. The van der Waals surface area contributed by atoms with Gasteiger partial charge in [-0.15, -0.1) is 5.10 Å². The number of benzene rings is 1. The number of aromatic nitrogens is 3. The second kappa shape index (κ2) is 3.39. The molecule has 65 valence electrons. The van der Waals surface area contributed by atoms with Gasteiger partial charge in [0, 0.05) is 13.5 Å². The summed E-state index contributed by atoms with van der Waals surface area (Å²) in [5.74, 6) is 0.936. The lowest BCUT2D eigenvalue weighted by atomic mass is 10.1. The molecule has 0 N–H and O–H groups in total. The minimum absolute atomic E-state index is 0.813. The minimum Gasteiger partial charge on any atom is -0.252 e. The molecule has 0 unspecified atom stereocenters. The normalized spacial score (nSPS) is 10.2. The lowest BCUT2D eigenvalue weighted by molar-refractivity contribution is 0.715. The fourth-order valence-electron chi connectivity index (χ4n) is 1.21. The van der Waals surface area contributed by atoms with E-state index in [0.29, 0.717) is 0 Å². The highest BCUT2D eigenvalue weighted by Gasteiger charge is 2.00. The lowest BCUT2D eigenvalue weighted by Gasteiger charge is -1.99. The van der Waals surface area contributed by atoms with Crippen molar-refractivity contribution in [1.29, 1.82) is 0 Å². The Bertz CT molecular complexity index is 378. The molecule has 1 aromatic heterocycles. The van der Waals surface area contributed by atoms with Crippen LogP contribution in [0.5, 0.6) is 0 Å². The number of hydrogen-bond donors (Lipinski definition) is 0. The zero-order valence-corrected chi connectivity index (χ0v) is 7.44. The molecule has 0 aliphatic heterocycles. The van der Waals surface area contributed by atoms with Crippen molar-refractivity contribution in [2.24, 2.45) is 7.05 Å². The van der Waals surface area contributed by atoms with Gasteiger partial charge in [-0.2, -0.15) is 0 Å². The summed E-state index contributed by atoms with van der Waals surface area (Å²) in [6, 6.07) is 10.2. The van der Waals surface area contributed by atoms with Gasteiger partial charge in [0.1, 0.15) is 5.82 Å². The third kappa shape index (κ3) is 1.75. The summed E-state index contributed by atoms with van der Waals surface area (Å²) in [7, 11) is 1.88. The molecule has 13 heavy (non-hydrogen) atoms. The average Bonchev–Trinajstić information content (AvgIpc) is 2.54. The molecule has 0 saturated carbocycles. The maximum absolute atomic E-state index is 4.04. The van der Waals surface area contributed by atoms with Crippen molar-refractivity contribution in [3.8, 4) is 0 Å². The minimum atomic E-state index is 0.813. The number of hydrogen-bond acceptors (Lipinski definition) is 2. The van der Waals surface area contributed by atoms with Crippen LogP contribution in [-0.2, 0) is 13.5 Å². The summed E-state index contributed by atoms with van der Waals surface area (Å²) >= 11 is 0. The van der Waals surface area contributed by atoms with Crippen molar-refractivity contribution in [3.05, 3.63) is 48.0 Å². The van der Waals surface area contributed by atoms with Crippen LogP contribution in [0.2, 0.25) is 0 Å². The molecular weight excluding hydrogens is 162 g/mol. The molecule has 0 atom stereocenters. The molecule has 0 saturated heterocycles. The topological polar surface area (TPSA) is 30.7 Å². The van der Waals surface area contributed by atoms with Crippen molar-refractivity contribution in [2.75, 3.05) is 0 Å². The largest absolute Gasteiger partial charge is 0.252 e. The van der Waals surface area contributed by atoms with E-state index in [9.17, 15) is 0 Å². The third-order valence-electron chi connectivity index (χ3n) is 1.95. The van der Waals surface area contributed by atoms with E-state index in [4.69, 9.17) is 0 Å². The second-order valence-corrected chi connectivity index (χ2v) is 2.91. The SMILES string of the molecule is Cn1n[c]nc1Cc1ccccc1. The Balaban J connectivity index is 2.20. The van der Waals surface area contributed by atoms with E-state index in [1.165, 1.54) is 5.56 Å².